The third-order valence-electron chi connectivity index (χ3n) is 5.83. The fourth-order valence-electron chi connectivity index (χ4n) is 4.23. The molecule has 0 bridgehead atoms. The number of carbonyl (C=O) groups is 2. The van der Waals surface area contributed by atoms with Crippen LogP contribution in [-0.4, -0.2) is 49.5 Å². The number of benzene rings is 1. The van der Waals surface area contributed by atoms with Gasteiger partial charge in [0.25, 0.3) is 5.91 Å². The number of pyridine rings is 1. The number of amides is 2. The maximum atomic E-state index is 13.4. The van der Waals surface area contributed by atoms with Crippen molar-refractivity contribution in [3.8, 4) is 5.75 Å². The van der Waals surface area contributed by atoms with Crippen LogP contribution in [0.4, 0.5) is 5.69 Å². The molecule has 4 heterocycles. The number of carbonyl (C=O) groups excluding carboxylic acids is 2. The van der Waals surface area contributed by atoms with Crippen LogP contribution < -0.4 is 10.1 Å². The molecule has 1 aromatic carbocycles. The van der Waals surface area contributed by atoms with Crippen molar-refractivity contribution in [1.29, 1.82) is 0 Å². The number of fused-ring (bicyclic) bond motifs is 2. The van der Waals surface area contributed by atoms with Gasteiger partial charge >= 0.3 is 0 Å². The van der Waals surface area contributed by atoms with Crippen molar-refractivity contribution in [2.75, 3.05) is 19.0 Å². The summed E-state index contributed by atoms with van der Waals surface area (Å²) >= 11 is 0. The summed E-state index contributed by atoms with van der Waals surface area (Å²) in [4.78, 5) is 32.8. The van der Waals surface area contributed by atoms with Gasteiger partial charge in [-0.1, -0.05) is 12.1 Å². The van der Waals surface area contributed by atoms with E-state index < -0.39 is 5.92 Å². The largest absolute Gasteiger partial charge is 0.495 e. The number of para-hydroxylation sites is 2. The fraction of sp³-hybridized carbons (Fsp3) is 0.250. The number of ether oxygens (including phenoxy) is 1. The number of nitrogens with one attached hydrogen (secondary N) is 1. The summed E-state index contributed by atoms with van der Waals surface area (Å²) in [5.74, 6) is -0.526. The smallest absolute Gasteiger partial charge is 0.274 e. The molecule has 1 unspecified atom stereocenters. The number of hydrogen-bond donors (Lipinski definition) is 1. The van der Waals surface area contributed by atoms with E-state index >= 15 is 0 Å². The van der Waals surface area contributed by atoms with Crippen molar-refractivity contribution in [2.24, 2.45) is 7.05 Å². The fourth-order valence-corrected chi connectivity index (χ4v) is 4.23. The molecular formula is C24H24N6O3. The third kappa shape index (κ3) is 3.82. The quantitative estimate of drug-likeness (QED) is 0.522. The van der Waals surface area contributed by atoms with Crippen LogP contribution >= 0.6 is 0 Å². The van der Waals surface area contributed by atoms with Gasteiger partial charge in [-0.3, -0.25) is 14.3 Å². The van der Waals surface area contributed by atoms with E-state index in [0.717, 1.165) is 11.1 Å². The second kappa shape index (κ2) is 8.09. The van der Waals surface area contributed by atoms with Gasteiger partial charge in [0.15, 0.2) is 0 Å². The highest BCUT2D eigenvalue weighted by Crippen LogP contribution is 2.31. The van der Waals surface area contributed by atoms with Crippen LogP contribution in [0.15, 0.2) is 55.0 Å². The van der Waals surface area contributed by atoms with Crippen LogP contribution in [-0.2, 0) is 18.4 Å². The zero-order chi connectivity index (χ0) is 23.1. The molecule has 2 amide bonds. The molecule has 5 rings (SSSR count). The minimum atomic E-state index is -0.622. The molecule has 33 heavy (non-hydrogen) atoms. The molecule has 9 nitrogen and oxygen atoms in total. The first-order valence-electron chi connectivity index (χ1n) is 10.6. The molecule has 0 fully saturated rings. The van der Waals surface area contributed by atoms with Gasteiger partial charge in [-0.15, -0.1) is 0 Å². The van der Waals surface area contributed by atoms with Crippen LogP contribution in [0.1, 0.15) is 33.2 Å². The van der Waals surface area contributed by atoms with E-state index in [1.165, 1.54) is 0 Å². The first-order chi connectivity index (χ1) is 15.9. The number of anilines is 1. The minimum absolute atomic E-state index is 0.205. The second-order valence-corrected chi connectivity index (χ2v) is 8.24. The van der Waals surface area contributed by atoms with Crippen molar-refractivity contribution in [2.45, 2.75) is 19.4 Å². The summed E-state index contributed by atoms with van der Waals surface area (Å²) in [6.07, 6.45) is 5.46. The number of hydrogen-bond acceptors (Lipinski definition) is 5. The molecule has 1 aliphatic heterocycles. The Morgan fingerprint density at radius 1 is 1.18 bits per heavy atom. The molecule has 0 saturated carbocycles. The maximum Gasteiger partial charge on any atom is 0.274 e. The van der Waals surface area contributed by atoms with Gasteiger partial charge < -0.3 is 19.4 Å². The summed E-state index contributed by atoms with van der Waals surface area (Å²) in [7, 11) is 3.36. The van der Waals surface area contributed by atoms with Crippen molar-refractivity contribution >= 4 is 23.1 Å². The Morgan fingerprint density at radius 2 is 2.00 bits per heavy atom. The maximum absolute atomic E-state index is 13.4. The van der Waals surface area contributed by atoms with Gasteiger partial charge in [-0.05, 0) is 36.8 Å². The van der Waals surface area contributed by atoms with Crippen LogP contribution in [0.25, 0.3) is 5.65 Å². The first kappa shape index (κ1) is 20.7. The lowest BCUT2D eigenvalue weighted by atomic mass is 9.95. The first-order valence-corrected chi connectivity index (χ1v) is 10.6. The van der Waals surface area contributed by atoms with Crippen molar-refractivity contribution < 1.29 is 14.3 Å². The molecule has 3 aromatic heterocycles. The zero-order valence-corrected chi connectivity index (χ0v) is 18.6. The highest BCUT2D eigenvalue weighted by atomic mass is 16.5. The number of aryl methyl sites for hydroxylation is 2. The normalized spacial score (nSPS) is 15.4. The van der Waals surface area contributed by atoms with E-state index in [9.17, 15) is 9.59 Å². The van der Waals surface area contributed by atoms with Gasteiger partial charge in [-0.2, -0.15) is 5.10 Å². The molecule has 1 atom stereocenters. The molecule has 1 aliphatic rings. The van der Waals surface area contributed by atoms with E-state index in [1.807, 2.05) is 55.0 Å². The van der Waals surface area contributed by atoms with Crippen molar-refractivity contribution in [1.82, 2.24) is 24.1 Å². The predicted octanol–water partition coefficient (Wildman–Crippen LogP) is 2.76. The van der Waals surface area contributed by atoms with Crippen LogP contribution in [0.3, 0.4) is 0 Å². The molecule has 0 radical (unpaired) electrons. The number of rotatable bonds is 4. The Kier molecular flexibility index (Phi) is 5.08. The predicted molar refractivity (Wildman–Crippen MR) is 122 cm³/mol. The van der Waals surface area contributed by atoms with Gasteiger partial charge in [0.05, 0.1) is 18.5 Å². The van der Waals surface area contributed by atoms with E-state index in [4.69, 9.17) is 4.74 Å². The topological polar surface area (TPSA) is 93.8 Å². The van der Waals surface area contributed by atoms with Gasteiger partial charge in [0.1, 0.15) is 23.0 Å². The summed E-state index contributed by atoms with van der Waals surface area (Å²) in [5, 5.41) is 7.45. The number of imidazole rings is 1. The van der Waals surface area contributed by atoms with E-state index in [-0.39, 0.29) is 18.4 Å². The Balaban J connectivity index is 1.44. The molecule has 0 aliphatic carbocycles. The average Bonchev–Trinajstić information content (AvgIpc) is 3.40. The molecular weight excluding hydrogens is 420 g/mol. The summed E-state index contributed by atoms with van der Waals surface area (Å²) in [6, 6.07) is 11.1. The van der Waals surface area contributed by atoms with Gasteiger partial charge in [-0.25, -0.2) is 4.98 Å². The Hall–Kier alpha value is -4.14. The summed E-state index contributed by atoms with van der Waals surface area (Å²) in [6.45, 7) is 2.56. The molecule has 0 saturated heterocycles. The summed E-state index contributed by atoms with van der Waals surface area (Å²) in [5.41, 5.74) is 4.22. The number of methoxy groups -OCH3 is 1. The van der Waals surface area contributed by atoms with Crippen molar-refractivity contribution in [3.63, 3.8) is 0 Å². The SMILES string of the molecule is COc1ccccc1NC(=O)C1CN(C(=O)c2cn3ccc(C)cc3n2)Cc2cn(C)nc21. The molecule has 4 aromatic rings. The van der Waals surface area contributed by atoms with Crippen LogP contribution in [0, 0.1) is 6.92 Å². The van der Waals surface area contributed by atoms with Crippen LogP contribution in [0.5, 0.6) is 5.75 Å². The molecule has 0 spiro atoms. The number of aromatic nitrogens is 4. The van der Waals surface area contributed by atoms with E-state index in [0.29, 0.717) is 35.0 Å². The zero-order valence-electron chi connectivity index (χ0n) is 18.6. The average molecular weight is 444 g/mol. The third-order valence-corrected chi connectivity index (χ3v) is 5.83. The molecule has 9 heteroatoms. The lowest BCUT2D eigenvalue weighted by Gasteiger charge is -2.31. The monoisotopic (exact) mass is 444 g/mol. The Morgan fingerprint density at radius 3 is 2.82 bits per heavy atom. The van der Waals surface area contributed by atoms with E-state index in [1.54, 1.807) is 35.0 Å². The number of nitrogens with zero attached hydrogens (tertiary/aromatic N) is 5. The van der Waals surface area contributed by atoms with Gasteiger partial charge in [0, 0.05) is 44.3 Å². The highest BCUT2D eigenvalue weighted by molar-refractivity contribution is 5.99. The molecule has 1 N–H and O–H groups in total. The standard InChI is InChI=1S/C24H24N6O3/c1-15-8-9-29-14-19(25-21(29)10-15)24(32)30-12-16-11-28(2)27-22(16)17(13-30)23(31)26-18-6-4-5-7-20(18)33-3/h4-11,14,17H,12-13H2,1-3H3,(H,26,31). The minimum Gasteiger partial charge on any atom is -0.495 e. The second-order valence-electron chi connectivity index (χ2n) is 8.24. The van der Waals surface area contributed by atoms with E-state index in [2.05, 4.69) is 15.4 Å². The van der Waals surface area contributed by atoms with Crippen molar-refractivity contribution in [3.05, 3.63) is 77.5 Å². The molecule has 168 valence electrons. The lowest BCUT2D eigenvalue weighted by Crippen LogP contribution is -2.42. The van der Waals surface area contributed by atoms with Crippen LogP contribution in [0.2, 0.25) is 0 Å². The highest BCUT2D eigenvalue weighted by Gasteiger charge is 2.36. The van der Waals surface area contributed by atoms with Gasteiger partial charge in [0.2, 0.25) is 5.91 Å². The lowest BCUT2D eigenvalue weighted by molar-refractivity contribution is -0.118. The Labute approximate surface area is 190 Å². The summed E-state index contributed by atoms with van der Waals surface area (Å²) < 4.78 is 8.85. The Bertz CT molecular complexity index is 1370.